The fourth-order valence-corrected chi connectivity index (χ4v) is 2.75. The minimum atomic E-state index is -3.35. The molecule has 0 fully saturated rings. The summed E-state index contributed by atoms with van der Waals surface area (Å²) in [4.78, 5) is 0. The van der Waals surface area contributed by atoms with Crippen molar-refractivity contribution in [3.8, 4) is 0 Å². The smallest absolute Gasteiger partial charge is 0.216 e. The zero-order chi connectivity index (χ0) is 13.7. The molecule has 0 aliphatic rings. The summed E-state index contributed by atoms with van der Waals surface area (Å²) in [6, 6.07) is 8.94. The molecule has 2 aromatic rings. The van der Waals surface area contributed by atoms with Gasteiger partial charge in [0, 0.05) is 18.7 Å². The van der Waals surface area contributed by atoms with Crippen molar-refractivity contribution < 1.29 is 12.8 Å². The normalized spacial score (nSPS) is 11.6. The molecule has 0 aliphatic carbocycles. The summed E-state index contributed by atoms with van der Waals surface area (Å²) < 4.78 is 31.2. The van der Waals surface area contributed by atoms with Gasteiger partial charge in [0.2, 0.25) is 10.0 Å². The van der Waals surface area contributed by atoms with Crippen LogP contribution in [-0.2, 0) is 28.9 Å². The molecule has 1 aromatic heterocycles. The third kappa shape index (κ3) is 4.20. The molecule has 0 saturated carbocycles. The van der Waals surface area contributed by atoms with Gasteiger partial charge in [-0.3, -0.25) is 0 Å². The SMILES string of the molecule is NCc1ccc(CS(=O)(=O)NCc2ccoc2)cc1. The van der Waals surface area contributed by atoms with Crippen LogP contribution in [-0.4, -0.2) is 8.42 Å². The molecule has 102 valence electrons. The molecule has 0 amide bonds. The summed E-state index contributed by atoms with van der Waals surface area (Å²) in [6.45, 7) is 0.686. The van der Waals surface area contributed by atoms with E-state index < -0.39 is 10.0 Å². The molecular weight excluding hydrogens is 264 g/mol. The van der Waals surface area contributed by atoms with E-state index in [4.69, 9.17) is 10.2 Å². The zero-order valence-corrected chi connectivity index (χ0v) is 11.2. The van der Waals surface area contributed by atoms with Gasteiger partial charge in [-0.2, -0.15) is 0 Å². The van der Waals surface area contributed by atoms with Crippen molar-refractivity contribution in [2.24, 2.45) is 5.73 Å². The number of sulfonamides is 1. The summed E-state index contributed by atoms with van der Waals surface area (Å²) in [7, 11) is -3.35. The summed E-state index contributed by atoms with van der Waals surface area (Å²) in [6.07, 6.45) is 3.02. The van der Waals surface area contributed by atoms with E-state index in [9.17, 15) is 8.42 Å². The lowest BCUT2D eigenvalue weighted by Gasteiger charge is -2.06. The topological polar surface area (TPSA) is 85.3 Å². The Morgan fingerprint density at radius 3 is 2.32 bits per heavy atom. The standard InChI is InChI=1S/C13H16N2O3S/c14-7-11-1-3-12(4-2-11)10-19(16,17)15-8-13-5-6-18-9-13/h1-6,9,15H,7-8,10,14H2. The highest BCUT2D eigenvalue weighted by Gasteiger charge is 2.11. The van der Waals surface area contributed by atoms with Gasteiger partial charge < -0.3 is 10.2 Å². The van der Waals surface area contributed by atoms with E-state index in [-0.39, 0.29) is 12.3 Å². The second kappa shape index (κ2) is 6.01. The summed E-state index contributed by atoms with van der Waals surface area (Å²) in [5.41, 5.74) is 8.00. The molecule has 1 heterocycles. The Labute approximate surface area is 112 Å². The highest BCUT2D eigenvalue weighted by molar-refractivity contribution is 7.88. The maximum absolute atomic E-state index is 11.9. The average molecular weight is 280 g/mol. The van der Waals surface area contributed by atoms with Crippen LogP contribution in [0, 0.1) is 0 Å². The van der Waals surface area contributed by atoms with E-state index in [2.05, 4.69) is 4.72 Å². The van der Waals surface area contributed by atoms with E-state index in [0.29, 0.717) is 6.54 Å². The van der Waals surface area contributed by atoms with Crippen molar-refractivity contribution >= 4 is 10.0 Å². The van der Waals surface area contributed by atoms with Crippen molar-refractivity contribution in [2.75, 3.05) is 0 Å². The van der Waals surface area contributed by atoms with Crippen molar-refractivity contribution in [1.29, 1.82) is 0 Å². The van der Waals surface area contributed by atoms with Crippen molar-refractivity contribution in [1.82, 2.24) is 4.72 Å². The Morgan fingerprint density at radius 1 is 1.05 bits per heavy atom. The van der Waals surface area contributed by atoms with E-state index in [0.717, 1.165) is 16.7 Å². The first-order chi connectivity index (χ1) is 9.09. The summed E-state index contributed by atoms with van der Waals surface area (Å²) in [5.74, 6) is -0.0459. The first-order valence-corrected chi connectivity index (χ1v) is 7.50. The van der Waals surface area contributed by atoms with Crippen molar-refractivity contribution in [2.45, 2.75) is 18.8 Å². The summed E-state index contributed by atoms with van der Waals surface area (Å²) in [5, 5.41) is 0. The Kier molecular flexibility index (Phi) is 4.36. The number of nitrogens with two attached hydrogens (primary N) is 1. The quantitative estimate of drug-likeness (QED) is 0.836. The Bertz CT molecular complexity index is 604. The number of rotatable bonds is 6. The third-order valence-electron chi connectivity index (χ3n) is 2.69. The van der Waals surface area contributed by atoms with E-state index in [1.165, 1.54) is 12.5 Å². The van der Waals surface area contributed by atoms with Crippen LogP contribution in [0.1, 0.15) is 16.7 Å². The van der Waals surface area contributed by atoms with Crippen molar-refractivity contribution in [3.63, 3.8) is 0 Å². The van der Waals surface area contributed by atoms with Gasteiger partial charge in [0.15, 0.2) is 0 Å². The van der Waals surface area contributed by atoms with Gasteiger partial charge in [-0.05, 0) is 17.2 Å². The van der Waals surface area contributed by atoms with Crippen molar-refractivity contribution in [3.05, 3.63) is 59.5 Å². The molecule has 0 unspecified atom stereocenters. The zero-order valence-electron chi connectivity index (χ0n) is 10.4. The lowest BCUT2D eigenvalue weighted by molar-refractivity contribution is 0.561. The molecule has 6 heteroatoms. The molecule has 0 bridgehead atoms. The molecule has 0 atom stereocenters. The molecule has 0 saturated heterocycles. The van der Waals surface area contributed by atoms with Crippen LogP contribution >= 0.6 is 0 Å². The van der Waals surface area contributed by atoms with Gasteiger partial charge >= 0.3 is 0 Å². The van der Waals surface area contributed by atoms with Crippen LogP contribution in [0.5, 0.6) is 0 Å². The highest BCUT2D eigenvalue weighted by Crippen LogP contribution is 2.08. The minimum Gasteiger partial charge on any atom is -0.472 e. The van der Waals surface area contributed by atoms with Crippen LogP contribution in [0.4, 0.5) is 0 Å². The molecule has 5 nitrogen and oxygen atoms in total. The molecule has 0 aliphatic heterocycles. The van der Waals surface area contributed by atoms with Gasteiger partial charge in [-0.15, -0.1) is 0 Å². The maximum atomic E-state index is 11.9. The summed E-state index contributed by atoms with van der Waals surface area (Å²) >= 11 is 0. The minimum absolute atomic E-state index is 0.0459. The number of hydrogen-bond donors (Lipinski definition) is 2. The maximum Gasteiger partial charge on any atom is 0.216 e. The Balaban J connectivity index is 1.96. The third-order valence-corrected chi connectivity index (χ3v) is 3.99. The monoisotopic (exact) mass is 280 g/mol. The van der Waals surface area contributed by atoms with Crippen LogP contribution in [0.25, 0.3) is 0 Å². The first-order valence-electron chi connectivity index (χ1n) is 5.85. The van der Waals surface area contributed by atoms with Crippen LogP contribution in [0.15, 0.2) is 47.3 Å². The van der Waals surface area contributed by atoms with Crippen LogP contribution < -0.4 is 10.5 Å². The molecule has 0 radical (unpaired) electrons. The largest absolute Gasteiger partial charge is 0.472 e. The number of nitrogens with one attached hydrogen (secondary N) is 1. The second-order valence-electron chi connectivity index (χ2n) is 4.23. The van der Waals surface area contributed by atoms with Gasteiger partial charge in [-0.25, -0.2) is 13.1 Å². The fraction of sp³-hybridized carbons (Fsp3) is 0.231. The number of hydrogen-bond acceptors (Lipinski definition) is 4. The molecule has 19 heavy (non-hydrogen) atoms. The molecule has 2 rings (SSSR count). The Morgan fingerprint density at radius 2 is 1.74 bits per heavy atom. The molecule has 3 N–H and O–H groups in total. The highest BCUT2D eigenvalue weighted by atomic mass is 32.2. The average Bonchev–Trinajstić information content (AvgIpc) is 2.90. The fourth-order valence-electron chi connectivity index (χ4n) is 1.63. The van der Waals surface area contributed by atoms with Gasteiger partial charge in [0.25, 0.3) is 0 Å². The second-order valence-corrected chi connectivity index (χ2v) is 6.04. The molecular formula is C13H16N2O3S. The van der Waals surface area contributed by atoms with E-state index in [1.807, 2.05) is 12.1 Å². The first kappa shape index (κ1) is 13.8. The Hall–Kier alpha value is -1.63. The number of benzene rings is 1. The van der Waals surface area contributed by atoms with E-state index >= 15 is 0 Å². The van der Waals surface area contributed by atoms with E-state index in [1.54, 1.807) is 18.2 Å². The molecule has 0 spiro atoms. The predicted molar refractivity (Wildman–Crippen MR) is 72.5 cm³/mol. The van der Waals surface area contributed by atoms with Crippen LogP contribution in [0.3, 0.4) is 0 Å². The van der Waals surface area contributed by atoms with Gasteiger partial charge in [-0.1, -0.05) is 24.3 Å². The lowest BCUT2D eigenvalue weighted by Crippen LogP contribution is -2.24. The molecule has 1 aromatic carbocycles. The number of furan rings is 1. The van der Waals surface area contributed by atoms with Gasteiger partial charge in [0.05, 0.1) is 18.3 Å². The van der Waals surface area contributed by atoms with Crippen LogP contribution in [0.2, 0.25) is 0 Å². The lowest BCUT2D eigenvalue weighted by atomic mass is 10.1. The van der Waals surface area contributed by atoms with Gasteiger partial charge in [0.1, 0.15) is 0 Å². The predicted octanol–water partition coefficient (Wildman–Crippen LogP) is 1.36.